The number of allylic oxidation sites excluding steroid dienone is 3. The van der Waals surface area contributed by atoms with E-state index in [0.29, 0.717) is 11.6 Å². The predicted octanol–water partition coefficient (Wildman–Crippen LogP) is 5.40. The molecule has 0 unspecified atom stereocenters. The SMILES string of the molecule is C/C=C\C=C(/C)COc1ccc(C)cc1Cl.CCl. The van der Waals surface area contributed by atoms with Crippen LogP contribution in [0.5, 0.6) is 5.75 Å². The summed E-state index contributed by atoms with van der Waals surface area (Å²) >= 11 is 10.7. The van der Waals surface area contributed by atoms with E-state index in [1.165, 1.54) is 6.38 Å². The van der Waals surface area contributed by atoms with Crippen molar-refractivity contribution < 1.29 is 4.74 Å². The third-order valence-corrected chi connectivity index (χ3v) is 2.41. The Bertz CT molecular complexity index is 409. The Morgan fingerprint density at radius 2 is 2.00 bits per heavy atom. The molecule has 0 aliphatic carbocycles. The number of halogens is 2. The van der Waals surface area contributed by atoms with E-state index < -0.39 is 0 Å². The lowest BCUT2D eigenvalue weighted by molar-refractivity contribution is 0.352. The molecule has 0 atom stereocenters. The van der Waals surface area contributed by atoms with Crippen molar-refractivity contribution in [3.8, 4) is 5.75 Å². The molecule has 3 heteroatoms. The molecule has 1 aromatic rings. The van der Waals surface area contributed by atoms with Gasteiger partial charge in [-0.3, -0.25) is 0 Å². The number of benzene rings is 1. The van der Waals surface area contributed by atoms with Gasteiger partial charge in [0.05, 0.1) is 5.02 Å². The highest BCUT2D eigenvalue weighted by Crippen LogP contribution is 2.25. The molecular weight excluding hydrogens is 267 g/mol. The van der Waals surface area contributed by atoms with E-state index in [9.17, 15) is 0 Å². The highest BCUT2D eigenvalue weighted by atomic mass is 35.5. The maximum Gasteiger partial charge on any atom is 0.138 e. The molecule has 18 heavy (non-hydrogen) atoms. The smallest absolute Gasteiger partial charge is 0.138 e. The summed E-state index contributed by atoms with van der Waals surface area (Å²) in [6.07, 6.45) is 7.49. The van der Waals surface area contributed by atoms with E-state index in [0.717, 1.165) is 16.9 Å². The van der Waals surface area contributed by atoms with Crippen LogP contribution in [0.4, 0.5) is 0 Å². The molecule has 0 spiro atoms. The standard InChI is InChI=1S/C14H17ClO.CH3Cl/c1-4-5-6-12(3)10-16-14-8-7-11(2)9-13(14)15;1-2/h4-9H,10H2,1-3H3;1H3/b5-4-,12-6+;. The van der Waals surface area contributed by atoms with Crippen LogP contribution in [0.25, 0.3) is 0 Å². The van der Waals surface area contributed by atoms with Gasteiger partial charge < -0.3 is 4.74 Å². The van der Waals surface area contributed by atoms with Crippen LogP contribution in [-0.2, 0) is 0 Å². The van der Waals surface area contributed by atoms with E-state index in [1.807, 2.05) is 57.2 Å². The molecular formula is C15H20Cl2O. The summed E-state index contributed by atoms with van der Waals surface area (Å²) in [6.45, 7) is 6.59. The Morgan fingerprint density at radius 3 is 2.56 bits per heavy atom. The van der Waals surface area contributed by atoms with Gasteiger partial charge in [-0.25, -0.2) is 0 Å². The largest absolute Gasteiger partial charge is 0.488 e. The van der Waals surface area contributed by atoms with Crippen LogP contribution >= 0.6 is 23.2 Å². The number of aryl methyl sites for hydroxylation is 1. The van der Waals surface area contributed by atoms with Crippen LogP contribution in [0.1, 0.15) is 19.4 Å². The molecule has 0 radical (unpaired) electrons. The van der Waals surface area contributed by atoms with Gasteiger partial charge in [0.1, 0.15) is 12.4 Å². The second-order valence-corrected chi connectivity index (χ2v) is 4.17. The van der Waals surface area contributed by atoms with Crippen molar-refractivity contribution in [1.82, 2.24) is 0 Å². The maximum absolute atomic E-state index is 6.06. The molecule has 1 aromatic carbocycles. The number of alkyl halides is 1. The first kappa shape index (κ1) is 17.1. The highest BCUT2D eigenvalue weighted by molar-refractivity contribution is 6.32. The van der Waals surface area contributed by atoms with Gasteiger partial charge in [-0.05, 0) is 44.0 Å². The lowest BCUT2D eigenvalue weighted by Crippen LogP contribution is -1.99. The van der Waals surface area contributed by atoms with Crippen molar-refractivity contribution in [2.24, 2.45) is 0 Å². The zero-order valence-electron chi connectivity index (χ0n) is 11.3. The molecule has 100 valence electrons. The first-order valence-electron chi connectivity index (χ1n) is 5.68. The lowest BCUT2D eigenvalue weighted by Gasteiger charge is -2.08. The minimum absolute atomic E-state index is 0.563. The third-order valence-electron chi connectivity index (χ3n) is 2.12. The Morgan fingerprint density at radius 1 is 1.33 bits per heavy atom. The van der Waals surface area contributed by atoms with Gasteiger partial charge in [-0.2, -0.15) is 0 Å². The van der Waals surface area contributed by atoms with Crippen molar-refractivity contribution in [3.05, 3.63) is 52.6 Å². The van der Waals surface area contributed by atoms with Gasteiger partial charge in [0.25, 0.3) is 0 Å². The van der Waals surface area contributed by atoms with Crippen molar-refractivity contribution >= 4 is 23.2 Å². The third kappa shape index (κ3) is 6.73. The van der Waals surface area contributed by atoms with E-state index >= 15 is 0 Å². The van der Waals surface area contributed by atoms with Crippen molar-refractivity contribution in [3.63, 3.8) is 0 Å². The molecule has 0 saturated heterocycles. The summed E-state index contributed by atoms with van der Waals surface area (Å²) in [5, 5.41) is 0.666. The summed E-state index contributed by atoms with van der Waals surface area (Å²) in [6, 6.07) is 5.80. The predicted molar refractivity (Wildman–Crippen MR) is 82.0 cm³/mol. The number of hydrogen-bond donors (Lipinski definition) is 0. The monoisotopic (exact) mass is 286 g/mol. The molecule has 0 amide bonds. The van der Waals surface area contributed by atoms with E-state index in [4.69, 9.17) is 16.3 Å². The molecule has 0 bridgehead atoms. The van der Waals surface area contributed by atoms with Gasteiger partial charge in [0, 0.05) is 6.38 Å². The Hall–Kier alpha value is -0.920. The molecule has 0 fully saturated rings. The first-order chi connectivity index (χ1) is 8.63. The molecule has 0 N–H and O–H groups in total. The number of rotatable bonds is 4. The van der Waals surface area contributed by atoms with E-state index in [2.05, 4.69) is 11.6 Å². The molecule has 1 nitrogen and oxygen atoms in total. The van der Waals surface area contributed by atoms with Crippen molar-refractivity contribution in [1.29, 1.82) is 0 Å². The zero-order valence-corrected chi connectivity index (χ0v) is 12.8. The molecule has 0 aliphatic rings. The van der Waals surface area contributed by atoms with Crippen LogP contribution in [0.3, 0.4) is 0 Å². The van der Waals surface area contributed by atoms with Gasteiger partial charge in [-0.1, -0.05) is 35.9 Å². The minimum Gasteiger partial charge on any atom is -0.488 e. The Labute approximate surface area is 120 Å². The van der Waals surface area contributed by atoms with Crippen LogP contribution < -0.4 is 4.74 Å². The van der Waals surface area contributed by atoms with Gasteiger partial charge in [0.2, 0.25) is 0 Å². The molecule has 0 aromatic heterocycles. The molecule has 0 heterocycles. The number of ether oxygens (including phenoxy) is 1. The average Bonchev–Trinajstić information content (AvgIpc) is 2.37. The fraction of sp³-hybridized carbons (Fsp3) is 0.333. The normalized spacial score (nSPS) is 11.1. The molecule has 0 aliphatic heterocycles. The number of hydrogen-bond acceptors (Lipinski definition) is 1. The van der Waals surface area contributed by atoms with Crippen molar-refractivity contribution in [2.45, 2.75) is 20.8 Å². The summed E-state index contributed by atoms with van der Waals surface area (Å²) < 4.78 is 5.62. The Kier molecular flexibility index (Phi) is 9.53. The van der Waals surface area contributed by atoms with Crippen LogP contribution in [-0.4, -0.2) is 13.0 Å². The van der Waals surface area contributed by atoms with E-state index in [-0.39, 0.29) is 0 Å². The highest BCUT2D eigenvalue weighted by Gasteiger charge is 2.01. The van der Waals surface area contributed by atoms with Crippen LogP contribution in [0.2, 0.25) is 5.02 Å². The zero-order chi connectivity index (χ0) is 14.0. The Balaban J connectivity index is 0.00000137. The van der Waals surface area contributed by atoms with E-state index in [1.54, 1.807) is 0 Å². The van der Waals surface area contributed by atoms with Crippen LogP contribution in [0.15, 0.2) is 42.0 Å². The molecule has 1 rings (SSSR count). The minimum atomic E-state index is 0.563. The quantitative estimate of drug-likeness (QED) is 0.532. The maximum atomic E-state index is 6.06. The fourth-order valence-corrected chi connectivity index (χ4v) is 1.51. The second kappa shape index (κ2) is 10.0. The van der Waals surface area contributed by atoms with Gasteiger partial charge >= 0.3 is 0 Å². The summed E-state index contributed by atoms with van der Waals surface area (Å²) in [7, 11) is 0. The summed E-state index contributed by atoms with van der Waals surface area (Å²) in [5.74, 6) is 0.737. The summed E-state index contributed by atoms with van der Waals surface area (Å²) in [4.78, 5) is 0. The lowest BCUT2D eigenvalue weighted by atomic mass is 10.2. The van der Waals surface area contributed by atoms with Crippen molar-refractivity contribution in [2.75, 3.05) is 13.0 Å². The topological polar surface area (TPSA) is 9.23 Å². The fourth-order valence-electron chi connectivity index (χ4n) is 1.22. The van der Waals surface area contributed by atoms with Gasteiger partial charge in [-0.15, -0.1) is 11.6 Å². The average molecular weight is 287 g/mol. The second-order valence-electron chi connectivity index (χ2n) is 3.76. The van der Waals surface area contributed by atoms with Gasteiger partial charge in [0.15, 0.2) is 0 Å². The first-order valence-corrected chi connectivity index (χ1v) is 6.82. The van der Waals surface area contributed by atoms with Crippen LogP contribution in [0, 0.1) is 6.92 Å². The molecule has 0 saturated carbocycles. The summed E-state index contributed by atoms with van der Waals surface area (Å²) in [5.41, 5.74) is 2.30.